The number of aliphatic hydroxyl groups excluding tert-OH is 1. The Morgan fingerprint density at radius 1 is 0.972 bits per heavy atom. The number of Topliss-reactive ketones (excluding diaryl/α,β-unsaturated/α-hetero) is 2. The van der Waals surface area contributed by atoms with Crippen LogP contribution < -0.4 is 0 Å². The van der Waals surface area contributed by atoms with Crippen molar-refractivity contribution >= 4 is 11.6 Å². The zero-order chi connectivity index (χ0) is 25.7. The van der Waals surface area contributed by atoms with Gasteiger partial charge in [0.25, 0.3) is 0 Å². The van der Waals surface area contributed by atoms with Crippen LogP contribution in [-0.4, -0.2) is 41.7 Å². The topological polar surface area (TPSA) is 95.0 Å². The number of ether oxygens (including phenoxy) is 3. The zero-order valence-electron chi connectivity index (χ0n) is 19.4. The van der Waals surface area contributed by atoms with Gasteiger partial charge in [-0.2, -0.15) is 13.2 Å². The van der Waals surface area contributed by atoms with Gasteiger partial charge in [0.2, 0.25) is 5.78 Å². The molecule has 10 heteroatoms. The Hall–Kier alpha value is -3.08. The Labute approximate surface area is 205 Å². The number of alkyl halides is 3. The number of carbonyl (C=O) groups excluding carboxylic acids is 2. The molecule has 4 rings (SSSR count). The van der Waals surface area contributed by atoms with Crippen LogP contribution in [0.15, 0.2) is 53.8 Å². The van der Waals surface area contributed by atoms with Crippen LogP contribution in [0.1, 0.15) is 46.6 Å². The molecule has 1 fully saturated rings. The Morgan fingerprint density at radius 2 is 1.69 bits per heavy atom. The summed E-state index contributed by atoms with van der Waals surface area (Å²) in [5.41, 5.74) is -1.02. The number of nitrogens with zero attached hydrogens (tertiary/aromatic N) is 1. The normalized spacial score (nSPS) is 19.7. The number of halogens is 3. The quantitative estimate of drug-likeness (QED) is 0.203. The molecule has 0 spiro atoms. The molecule has 7 nitrogen and oxygen atoms in total. The fraction of sp³-hybridized carbons (Fsp3) is 0.423. The minimum Gasteiger partial charge on any atom is -0.511 e. The monoisotopic (exact) mass is 505 g/mol. The second-order valence-electron chi connectivity index (χ2n) is 8.76. The molecule has 2 atom stereocenters. The maximum absolute atomic E-state index is 13.2. The molecule has 1 aromatic carbocycles. The lowest BCUT2D eigenvalue weighted by atomic mass is 9.83. The van der Waals surface area contributed by atoms with Crippen molar-refractivity contribution in [1.29, 1.82) is 0 Å². The first-order chi connectivity index (χ1) is 17.3. The largest absolute Gasteiger partial charge is 0.511 e. The summed E-state index contributed by atoms with van der Waals surface area (Å²) in [5.74, 6) is -2.22. The number of aromatic nitrogens is 1. The van der Waals surface area contributed by atoms with E-state index in [1.807, 2.05) is 30.3 Å². The summed E-state index contributed by atoms with van der Waals surface area (Å²) in [4.78, 5) is 29.5. The van der Waals surface area contributed by atoms with Crippen molar-refractivity contribution in [2.75, 3.05) is 20.0 Å². The van der Waals surface area contributed by atoms with E-state index < -0.39 is 30.0 Å². The summed E-state index contributed by atoms with van der Waals surface area (Å²) in [6.07, 6.45) is -3.08. The first-order valence-electron chi connectivity index (χ1n) is 11.6. The molecular weight excluding hydrogens is 479 g/mol. The summed E-state index contributed by atoms with van der Waals surface area (Å²) in [6, 6.07) is 11.2. The fourth-order valence-corrected chi connectivity index (χ4v) is 4.48. The molecule has 36 heavy (non-hydrogen) atoms. The first-order valence-corrected chi connectivity index (χ1v) is 11.6. The summed E-state index contributed by atoms with van der Waals surface area (Å²) in [6.45, 7) is 0.0720. The third kappa shape index (κ3) is 6.00. The van der Waals surface area contributed by atoms with Crippen molar-refractivity contribution < 1.29 is 42.1 Å². The van der Waals surface area contributed by atoms with Crippen LogP contribution in [0.25, 0.3) is 0 Å². The Balaban J connectivity index is 1.37. The zero-order valence-corrected chi connectivity index (χ0v) is 19.4. The molecule has 2 unspecified atom stereocenters. The van der Waals surface area contributed by atoms with E-state index >= 15 is 0 Å². The van der Waals surface area contributed by atoms with E-state index in [4.69, 9.17) is 14.2 Å². The van der Waals surface area contributed by atoms with Crippen LogP contribution in [0.2, 0.25) is 0 Å². The number of benzene rings is 1. The van der Waals surface area contributed by atoms with E-state index in [1.54, 1.807) is 0 Å². The molecule has 2 aliphatic rings. The number of aliphatic hydroxyl groups is 1. The van der Waals surface area contributed by atoms with Gasteiger partial charge in [0.15, 0.2) is 5.78 Å². The maximum Gasteiger partial charge on any atom is 0.433 e. The van der Waals surface area contributed by atoms with E-state index in [-0.39, 0.29) is 54.4 Å². The smallest absolute Gasteiger partial charge is 0.433 e. The molecule has 0 amide bonds. The number of allylic oxidation sites excluding steroid dienone is 2. The molecule has 0 saturated heterocycles. The number of rotatable bonds is 11. The minimum absolute atomic E-state index is 0.00166. The van der Waals surface area contributed by atoms with Crippen molar-refractivity contribution in [3.8, 4) is 0 Å². The summed E-state index contributed by atoms with van der Waals surface area (Å²) < 4.78 is 55.8. The van der Waals surface area contributed by atoms with Gasteiger partial charge in [0.1, 0.15) is 23.8 Å². The summed E-state index contributed by atoms with van der Waals surface area (Å²) >= 11 is 0. The van der Waals surface area contributed by atoms with Crippen molar-refractivity contribution in [2.45, 2.75) is 38.7 Å². The highest BCUT2D eigenvalue weighted by molar-refractivity contribution is 6.28. The number of fused-ring (bicyclic) bond motifs is 2. The Bertz CT molecular complexity index is 1130. The van der Waals surface area contributed by atoms with Gasteiger partial charge in [-0.05, 0) is 37.0 Å². The van der Waals surface area contributed by atoms with Crippen molar-refractivity contribution in [3.63, 3.8) is 0 Å². The second kappa shape index (κ2) is 11.3. The maximum atomic E-state index is 13.2. The lowest BCUT2D eigenvalue weighted by Gasteiger charge is -2.21. The molecule has 2 bridgehead atoms. The molecule has 2 aromatic rings. The third-order valence-electron chi connectivity index (χ3n) is 6.32. The van der Waals surface area contributed by atoms with Crippen LogP contribution in [-0.2, 0) is 38.4 Å². The van der Waals surface area contributed by atoms with E-state index in [2.05, 4.69) is 4.98 Å². The molecule has 1 N–H and O–H groups in total. The number of pyridine rings is 1. The molecule has 0 radical (unpaired) electrons. The van der Waals surface area contributed by atoms with Gasteiger partial charge in [0.05, 0.1) is 32.1 Å². The highest BCUT2D eigenvalue weighted by atomic mass is 19.4. The predicted octanol–water partition coefficient (Wildman–Crippen LogP) is 4.80. The number of hydrogen-bond acceptors (Lipinski definition) is 7. The van der Waals surface area contributed by atoms with Gasteiger partial charge in [0, 0.05) is 17.4 Å². The second-order valence-corrected chi connectivity index (χ2v) is 8.76. The number of hydrogen-bond donors (Lipinski definition) is 1. The van der Waals surface area contributed by atoms with E-state index in [0.717, 1.165) is 11.6 Å². The average Bonchev–Trinajstić information content (AvgIpc) is 3.32. The minimum atomic E-state index is -4.73. The van der Waals surface area contributed by atoms with E-state index in [1.165, 1.54) is 0 Å². The molecule has 2 aliphatic carbocycles. The Morgan fingerprint density at radius 3 is 2.44 bits per heavy atom. The molecule has 1 heterocycles. The predicted molar refractivity (Wildman–Crippen MR) is 121 cm³/mol. The van der Waals surface area contributed by atoms with Crippen LogP contribution in [0.5, 0.6) is 0 Å². The van der Waals surface area contributed by atoms with Crippen LogP contribution in [0.3, 0.4) is 0 Å². The molecule has 192 valence electrons. The average molecular weight is 505 g/mol. The van der Waals surface area contributed by atoms with Crippen molar-refractivity contribution in [3.05, 3.63) is 76.3 Å². The molecule has 0 aliphatic heterocycles. The molecule has 1 saturated carbocycles. The number of carbonyl (C=O) groups is 2. The van der Waals surface area contributed by atoms with Gasteiger partial charge in [-0.3, -0.25) is 9.59 Å². The fourth-order valence-electron chi connectivity index (χ4n) is 4.48. The van der Waals surface area contributed by atoms with Crippen LogP contribution >= 0.6 is 0 Å². The standard InChI is InChI=1S/C26H26F3NO6/c27-26(28,29)21-9-8-19(25(33)22-23(31)17-6-7-18(12-17)24(22)32)20(30-21)14-34-10-11-35-15-36-13-16-4-2-1-3-5-16/h1-5,8-9,17-18,31H,6-7,10-15H2. The molecular formula is C26H26F3NO6. The lowest BCUT2D eigenvalue weighted by Crippen LogP contribution is -2.28. The Kier molecular flexibility index (Phi) is 8.17. The van der Waals surface area contributed by atoms with Crippen molar-refractivity contribution in [1.82, 2.24) is 4.98 Å². The van der Waals surface area contributed by atoms with Crippen molar-refractivity contribution in [2.24, 2.45) is 11.8 Å². The highest BCUT2D eigenvalue weighted by Crippen LogP contribution is 2.43. The van der Waals surface area contributed by atoms with Crippen LogP contribution in [0.4, 0.5) is 13.2 Å². The first kappa shape index (κ1) is 26.0. The van der Waals surface area contributed by atoms with Gasteiger partial charge >= 0.3 is 6.18 Å². The SMILES string of the molecule is O=C(C1=C(O)C2CCC(C2)C1=O)c1ccc(C(F)(F)F)nc1COCCOCOCc1ccccc1. The summed E-state index contributed by atoms with van der Waals surface area (Å²) in [7, 11) is 0. The molecule has 1 aromatic heterocycles. The van der Waals surface area contributed by atoms with Gasteiger partial charge in [-0.15, -0.1) is 0 Å². The van der Waals surface area contributed by atoms with Gasteiger partial charge < -0.3 is 19.3 Å². The van der Waals surface area contributed by atoms with E-state index in [9.17, 15) is 27.9 Å². The van der Waals surface area contributed by atoms with E-state index in [0.29, 0.717) is 31.9 Å². The third-order valence-corrected chi connectivity index (χ3v) is 6.32. The summed E-state index contributed by atoms with van der Waals surface area (Å²) in [5, 5.41) is 10.5. The van der Waals surface area contributed by atoms with Gasteiger partial charge in [-0.1, -0.05) is 30.3 Å². The van der Waals surface area contributed by atoms with Gasteiger partial charge in [-0.25, -0.2) is 4.98 Å². The number of ketones is 2. The van der Waals surface area contributed by atoms with Crippen LogP contribution in [0, 0.1) is 11.8 Å². The lowest BCUT2D eigenvalue weighted by molar-refractivity contribution is -0.141. The highest BCUT2D eigenvalue weighted by Gasteiger charge is 2.44.